The van der Waals surface area contributed by atoms with Crippen molar-refractivity contribution in [1.29, 1.82) is 0 Å². The molecule has 0 saturated heterocycles. The van der Waals surface area contributed by atoms with Gasteiger partial charge in [-0.2, -0.15) is 4.68 Å². The molecule has 2 aromatic heterocycles. The lowest BCUT2D eigenvalue weighted by Crippen LogP contribution is -2.27. The lowest BCUT2D eigenvalue weighted by atomic mass is 10.3. The number of carbonyl (C=O) groups is 2. The number of nitrogens with one attached hydrogen (secondary N) is 3. The third-order valence-electron chi connectivity index (χ3n) is 3.52. The van der Waals surface area contributed by atoms with E-state index in [0.717, 1.165) is 11.3 Å². The normalized spacial score (nSPS) is 10.6. The largest absolute Gasteiger partial charge is 0.497 e. The Morgan fingerprint density at radius 3 is 2.59 bits per heavy atom. The molecular weight excluding hydrogens is 376 g/mol. The summed E-state index contributed by atoms with van der Waals surface area (Å²) >= 11 is 1.01. The van der Waals surface area contributed by atoms with Crippen molar-refractivity contribution < 1.29 is 19.4 Å². The Morgan fingerprint density at radius 1 is 1.22 bits per heavy atom. The molecule has 0 aliphatic heterocycles. The molecule has 140 valence electrons. The van der Waals surface area contributed by atoms with Crippen LogP contribution in [-0.4, -0.2) is 28.9 Å². The third kappa shape index (κ3) is 4.15. The topological polar surface area (TPSA) is 139 Å². The van der Waals surface area contributed by atoms with E-state index < -0.39 is 23.1 Å². The number of methoxy groups -OCH3 is 1. The summed E-state index contributed by atoms with van der Waals surface area (Å²) in [6.45, 7) is 0.0598. The molecule has 4 N–H and O–H groups in total. The van der Waals surface area contributed by atoms with Gasteiger partial charge in [0.2, 0.25) is 0 Å². The van der Waals surface area contributed by atoms with Gasteiger partial charge in [0.25, 0.3) is 0 Å². The van der Waals surface area contributed by atoms with E-state index in [9.17, 15) is 24.3 Å². The first-order valence-electron chi connectivity index (χ1n) is 7.59. The van der Waals surface area contributed by atoms with E-state index in [2.05, 4.69) is 16.1 Å². The Balaban J connectivity index is 1.64. The SMILES string of the molecule is COc1cccc(NC(=O)NCc2cc(C(=O)O)c(Nn3c(=O)c3=O)s2)c1. The number of rotatable bonds is 7. The lowest BCUT2D eigenvalue weighted by Gasteiger charge is -2.08. The van der Waals surface area contributed by atoms with Gasteiger partial charge in [0.1, 0.15) is 10.8 Å². The summed E-state index contributed by atoms with van der Waals surface area (Å²) in [6, 6.07) is 7.67. The summed E-state index contributed by atoms with van der Waals surface area (Å²) in [5, 5.41) is 14.6. The first-order valence-corrected chi connectivity index (χ1v) is 8.40. The van der Waals surface area contributed by atoms with Crippen LogP contribution in [0.15, 0.2) is 39.9 Å². The van der Waals surface area contributed by atoms with Crippen molar-refractivity contribution in [2.45, 2.75) is 6.54 Å². The quantitative estimate of drug-likeness (QED) is 0.442. The van der Waals surface area contributed by atoms with Gasteiger partial charge in [-0.15, -0.1) is 11.3 Å². The molecule has 0 aliphatic carbocycles. The fraction of sp³-hybridized carbons (Fsp3) is 0.125. The van der Waals surface area contributed by atoms with E-state index in [0.29, 0.717) is 21.0 Å². The summed E-state index contributed by atoms with van der Waals surface area (Å²) in [5.41, 5.74) is 1.41. The molecular formula is C16H14N4O6S. The second-order valence-electron chi connectivity index (χ2n) is 5.36. The molecule has 0 aliphatic rings. The van der Waals surface area contributed by atoms with Crippen molar-refractivity contribution in [3.05, 3.63) is 61.5 Å². The molecule has 10 nitrogen and oxygen atoms in total. The second kappa shape index (κ2) is 7.33. The first kappa shape index (κ1) is 18.2. The minimum atomic E-state index is -1.22. The number of benzene rings is 1. The standard InChI is InChI=1S/C16H14N4O6S/c1-26-9-4-2-3-8(5-9)18-16(25)17-7-10-6-11(15(23)24)12(27-10)19-20-13(21)14(20)22/h2-6,19H,7H2,1H3,(H,23,24)(H2,17,18,25). The monoisotopic (exact) mass is 390 g/mol. The van der Waals surface area contributed by atoms with Crippen LogP contribution in [0.4, 0.5) is 15.5 Å². The zero-order valence-electron chi connectivity index (χ0n) is 13.9. The number of urea groups is 1. The Bertz CT molecular complexity index is 1050. The molecule has 27 heavy (non-hydrogen) atoms. The van der Waals surface area contributed by atoms with Crippen LogP contribution >= 0.6 is 11.3 Å². The van der Waals surface area contributed by atoms with Crippen LogP contribution in [0.3, 0.4) is 0 Å². The number of anilines is 2. The minimum Gasteiger partial charge on any atom is -0.497 e. The maximum absolute atomic E-state index is 12.0. The van der Waals surface area contributed by atoms with Crippen LogP contribution in [0.25, 0.3) is 0 Å². The van der Waals surface area contributed by atoms with Crippen molar-refractivity contribution in [2.75, 3.05) is 17.9 Å². The van der Waals surface area contributed by atoms with E-state index in [1.54, 1.807) is 24.3 Å². The summed E-state index contributed by atoms with van der Waals surface area (Å²) in [5.74, 6) is -0.630. The fourth-order valence-electron chi connectivity index (χ4n) is 2.15. The van der Waals surface area contributed by atoms with Gasteiger partial charge >= 0.3 is 23.1 Å². The number of carboxylic acids is 1. The Labute approximate surface area is 155 Å². The van der Waals surface area contributed by atoms with E-state index in [1.165, 1.54) is 13.2 Å². The van der Waals surface area contributed by atoms with Crippen molar-refractivity contribution >= 4 is 34.0 Å². The Kier molecular flexibility index (Phi) is 4.94. The number of amides is 2. The summed E-state index contributed by atoms with van der Waals surface area (Å²) in [4.78, 5) is 45.9. The number of aromatic carboxylic acids is 1. The van der Waals surface area contributed by atoms with Crippen LogP contribution in [0.1, 0.15) is 15.2 Å². The molecule has 0 atom stereocenters. The highest BCUT2D eigenvalue weighted by molar-refractivity contribution is 7.16. The van der Waals surface area contributed by atoms with Gasteiger partial charge in [-0.3, -0.25) is 15.0 Å². The van der Waals surface area contributed by atoms with E-state index in [1.807, 2.05) is 0 Å². The van der Waals surface area contributed by atoms with E-state index in [-0.39, 0.29) is 17.1 Å². The molecule has 0 spiro atoms. The summed E-state index contributed by atoms with van der Waals surface area (Å²) in [6.07, 6.45) is 0. The average molecular weight is 390 g/mol. The number of ether oxygens (including phenoxy) is 1. The summed E-state index contributed by atoms with van der Waals surface area (Å²) < 4.78 is 5.78. The number of hydrogen-bond acceptors (Lipinski definition) is 7. The highest BCUT2D eigenvalue weighted by Crippen LogP contribution is 2.28. The fourth-order valence-corrected chi connectivity index (χ4v) is 3.13. The van der Waals surface area contributed by atoms with Gasteiger partial charge < -0.3 is 20.5 Å². The number of carbonyl (C=O) groups excluding carboxylic acids is 1. The molecule has 0 fully saturated rings. The van der Waals surface area contributed by atoms with E-state index in [4.69, 9.17) is 4.74 Å². The number of aromatic nitrogens is 1. The van der Waals surface area contributed by atoms with Crippen molar-refractivity contribution in [1.82, 2.24) is 9.99 Å². The zero-order valence-corrected chi connectivity index (χ0v) is 14.8. The average Bonchev–Trinajstić information content (AvgIpc) is 3.04. The number of nitrogens with zero attached hydrogens (tertiary/aromatic N) is 1. The highest BCUT2D eigenvalue weighted by Gasteiger charge is 2.21. The predicted octanol–water partition coefficient (Wildman–Crippen LogP) is 1.05. The van der Waals surface area contributed by atoms with Crippen LogP contribution in [0.2, 0.25) is 0 Å². The van der Waals surface area contributed by atoms with E-state index >= 15 is 0 Å². The maximum atomic E-state index is 12.0. The van der Waals surface area contributed by atoms with Crippen molar-refractivity contribution in [3.63, 3.8) is 0 Å². The molecule has 2 amide bonds. The van der Waals surface area contributed by atoms with Crippen molar-refractivity contribution in [3.8, 4) is 5.75 Å². The van der Waals surface area contributed by atoms with Gasteiger partial charge in [0.15, 0.2) is 0 Å². The van der Waals surface area contributed by atoms with Gasteiger partial charge in [-0.25, -0.2) is 9.59 Å². The third-order valence-corrected chi connectivity index (χ3v) is 4.56. The molecule has 1 aromatic carbocycles. The smallest absolute Gasteiger partial charge is 0.340 e. The van der Waals surface area contributed by atoms with Crippen LogP contribution in [0, 0.1) is 0 Å². The van der Waals surface area contributed by atoms with Gasteiger partial charge in [0.05, 0.1) is 19.2 Å². The second-order valence-corrected chi connectivity index (χ2v) is 6.49. The molecule has 0 radical (unpaired) electrons. The Morgan fingerprint density at radius 2 is 1.96 bits per heavy atom. The lowest BCUT2D eigenvalue weighted by molar-refractivity contribution is 0.0698. The molecule has 0 bridgehead atoms. The van der Waals surface area contributed by atoms with Gasteiger partial charge in [-0.05, 0) is 18.2 Å². The highest BCUT2D eigenvalue weighted by atomic mass is 32.1. The van der Waals surface area contributed by atoms with Crippen LogP contribution < -0.4 is 31.9 Å². The van der Waals surface area contributed by atoms with Crippen molar-refractivity contribution in [2.24, 2.45) is 0 Å². The number of hydrogen-bond donors (Lipinski definition) is 4. The summed E-state index contributed by atoms with van der Waals surface area (Å²) in [7, 11) is 1.51. The Hall–Kier alpha value is -3.60. The first-order chi connectivity index (χ1) is 12.9. The minimum absolute atomic E-state index is 0.0598. The molecule has 0 unspecified atom stereocenters. The number of thiophene rings is 1. The zero-order chi connectivity index (χ0) is 19.6. The van der Waals surface area contributed by atoms with Gasteiger partial charge in [-0.1, -0.05) is 6.07 Å². The maximum Gasteiger partial charge on any atom is 0.340 e. The van der Waals surface area contributed by atoms with Gasteiger partial charge in [0, 0.05) is 16.6 Å². The predicted molar refractivity (Wildman–Crippen MR) is 98.5 cm³/mol. The van der Waals surface area contributed by atoms with Crippen LogP contribution in [0.5, 0.6) is 5.75 Å². The molecule has 11 heteroatoms. The molecule has 0 saturated carbocycles. The molecule has 3 aromatic rings. The van der Waals surface area contributed by atoms with Crippen LogP contribution in [-0.2, 0) is 6.54 Å². The number of carboxylic acid groups (broad SMARTS) is 1. The molecule has 3 rings (SSSR count). The molecule has 2 heterocycles.